The monoisotopic (exact) mass is 358 g/mol. The molecule has 0 bridgehead atoms. The average Bonchev–Trinajstić information content (AvgIpc) is 3.07. The molecule has 0 aliphatic rings. The highest BCUT2D eigenvalue weighted by atomic mass is 35.5. The van der Waals surface area contributed by atoms with Crippen molar-refractivity contribution in [2.24, 2.45) is 0 Å². The summed E-state index contributed by atoms with van der Waals surface area (Å²) >= 11 is 6.51. The van der Waals surface area contributed by atoms with Crippen LogP contribution in [0.15, 0.2) is 24.5 Å². The lowest BCUT2D eigenvalue weighted by molar-refractivity contribution is 0.366. The van der Waals surface area contributed by atoms with Gasteiger partial charge in [-0.25, -0.2) is 19.0 Å². The lowest BCUT2D eigenvalue weighted by Crippen LogP contribution is -2.23. The lowest BCUT2D eigenvalue weighted by atomic mass is 10.1. The van der Waals surface area contributed by atoms with Crippen molar-refractivity contribution in [1.29, 1.82) is 0 Å². The van der Waals surface area contributed by atoms with E-state index in [1.165, 1.54) is 18.5 Å². The molecule has 0 aliphatic carbocycles. The van der Waals surface area contributed by atoms with E-state index in [0.29, 0.717) is 38.6 Å². The number of hydrogen-bond acceptors (Lipinski definition) is 4. The average molecular weight is 359 g/mol. The van der Waals surface area contributed by atoms with E-state index in [1.807, 2.05) is 20.8 Å². The minimum absolute atomic E-state index is 0.316. The number of benzene rings is 1. The molecule has 0 spiro atoms. The fraction of sp³-hybridized carbons (Fsp3) is 0.235. The molecule has 0 unspecified atom stereocenters. The second-order valence-electron chi connectivity index (χ2n) is 6.89. The molecule has 6 nitrogen and oxygen atoms in total. The molecule has 0 aliphatic heterocycles. The smallest absolute Gasteiger partial charge is 0.164 e. The summed E-state index contributed by atoms with van der Waals surface area (Å²) in [5, 5.41) is 6.29. The molecule has 0 atom stereocenters. The number of anilines is 1. The van der Waals surface area contributed by atoms with Gasteiger partial charge in [0.25, 0.3) is 0 Å². The molecule has 8 heteroatoms. The van der Waals surface area contributed by atoms with Gasteiger partial charge in [-0.3, -0.25) is 0 Å². The van der Waals surface area contributed by atoms with Crippen molar-refractivity contribution in [2.75, 3.05) is 5.73 Å². The molecular formula is C17H16ClFN6. The highest BCUT2D eigenvalue weighted by molar-refractivity contribution is 6.38. The Labute approximate surface area is 147 Å². The van der Waals surface area contributed by atoms with Crippen LogP contribution in [0.2, 0.25) is 5.02 Å². The quantitative estimate of drug-likeness (QED) is 0.536. The van der Waals surface area contributed by atoms with Crippen LogP contribution in [0.25, 0.3) is 33.3 Å². The summed E-state index contributed by atoms with van der Waals surface area (Å²) in [5.41, 5.74) is 8.23. The molecule has 3 heterocycles. The second-order valence-corrected chi connectivity index (χ2v) is 7.27. The Morgan fingerprint density at radius 1 is 1.24 bits per heavy atom. The first-order valence-electron chi connectivity index (χ1n) is 7.74. The summed E-state index contributed by atoms with van der Waals surface area (Å²) in [5.74, 6) is -0.0377. The van der Waals surface area contributed by atoms with E-state index in [4.69, 9.17) is 22.4 Å². The first-order chi connectivity index (χ1) is 11.8. The van der Waals surface area contributed by atoms with Gasteiger partial charge in [0.15, 0.2) is 5.65 Å². The Balaban J connectivity index is 2.10. The zero-order valence-electron chi connectivity index (χ0n) is 13.9. The van der Waals surface area contributed by atoms with E-state index < -0.39 is 0 Å². The number of nitrogens with one attached hydrogen (secondary N) is 1. The van der Waals surface area contributed by atoms with Crippen molar-refractivity contribution in [3.8, 4) is 11.4 Å². The van der Waals surface area contributed by atoms with Crippen LogP contribution < -0.4 is 5.73 Å². The molecule has 0 amide bonds. The zero-order chi connectivity index (χ0) is 17.9. The number of nitrogen functional groups attached to an aromatic ring is 1. The molecular weight excluding hydrogens is 343 g/mol. The maximum Gasteiger partial charge on any atom is 0.164 e. The van der Waals surface area contributed by atoms with Crippen LogP contribution in [-0.4, -0.2) is 24.7 Å². The number of aromatic amines is 1. The summed E-state index contributed by atoms with van der Waals surface area (Å²) in [6.45, 7) is 6.05. The third-order valence-electron chi connectivity index (χ3n) is 4.06. The summed E-state index contributed by atoms with van der Waals surface area (Å²) in [7, 11) is 0. The van der Waals surface area contributed by atoms with E-state index in [0.717, 1.165) is 5.52 Å². The predicted molar refractivity (Wildman–Crippen MR) is 97.0 cm³/mol. The number of halogens is 2. The number of nitrogens with zero attached hydrogens (tertiary/aromatic N) is 4. The standard InChI is InChI=1S/C17H16ClFN6/c1-17(2,3)25-16-11(15(20)21-7-22-16)13(24-25)14-12(18)9-6-8(19)4-5-10(9)23-14/h4-7,23H,1-3H3,(H2,20,21,22). The third kappa shape index (κ3) is 2.34. The number of hydrogen-bond donors (Lipinski definition) is 2. The predicted octanol–water partition coefficient (Wildman–Crippen LogP) is 4.10. The fourth-order valence-electron chi connectivity index (χ4n) is 2.91. The van der Waals surface area contributed by atoms with Gasteiger partial charge >= 0.3 is 0 Å². The molecule has 4 aromatic rings. The number of fused-ring (bicyclic) bond motifs is 2. The minimum atomic E-state index is -0.354. The molecule has 0 fully saturated rings. The van der Waals surface area contributed by atoms with E-state index in [1.54, 1.807) is 10.7 Å². The zero-order valence-corrected chi connectivity index (χ0v) is 14.7. The highest BCUT2D eigenvalue weighted by Gasteiger charge is 2.26. The first-order valence-corrected chi connectivity index (χ1v) is 8.12. The number of nitrogens with two attached hydrogens (primary N) is 1. The van der Waals surface area contributed by atoms with Crippen LogP contribution in [0, 0.1) is 5.82 Å². The van der Waals surface area contributed by atoms with Crippen LogP contribution in [0.3, 0.4) is 0 Å². The van der Waals surface area contributed by atoms with Gasteiger partial charge in [-0.15, -0.1) is 0 Å². The van der Waals surface area contributed by atoms with Crippen molar-refractivity contribution in [1.82, 2.24) is 24.7 Å². The van der Waals surface area contributed by atoms with Crippen LogP contribution in [0.5, 0.6) is 0 Å². The summed E-state index contributed by atoms with van der Waals surface area (Å²) in [6.07, 6.45) is 1.41. The normalized spacial score (nSPS) is 12.4. The van der Waals surface area contributed by atoms with Gasteiger partial charge in [0.1, 0.15) is 23.7 Å². The molecule has 4 rings (SSSR count). The van der Waals surface area contributed by atoms with Gasteiger partial charge < -0.3 is 10.7 Å². The van der Waals surface area contributed by atoms with Gasteiger partial charge in [0.2, 0.25) is 0 Å². The Bertz CT molecular complexity index is 1120. The third-order valence-corrected chi connectivity index (χ3v) is 4.46. The second kappa shape index (κ2) is 5.16. The van der Waals surface area contributed by atoms with Crippen LogP contribution >= 0.6 is 11.6 Å². The van der Waals surface area contributed by atoms with Gasteiger partial charge in [-0.1, -0.05) is 11.6 Å². The Hall–Kier alpha value is -2.67. The van der Waals surface area contributed by atoms with Gasteiger partial charge in [-0.2, -0.15) is 5.10 Å². The van der Waals surface area contributed by atoms with Crippen molar-refractivity contribution in [3.63, 3.8) is 0 Å². The van der Waals surface area contributed by atoms with E-state index in [9.17, 15) is 4.39 Å². The van der Waals surface area contributed by atoms with Gasteiger partial charge in [-0.05, 0) is 39.0 Å². The highest BCUT2D eigenvalue weighted by Crippen LogP contribution is 2.39. The molecule has 128 valence electrons. The first kappa shape index (κ1) is 15.8. The topological polar surface area (TPSA) is 85.4 Å². The molecule has 1 aromatic carbocycles. The number of H-pyrrole nitrogens is 1. The molecule has 3 N–H and O–H groups in total. The maximum atomic E-state index is 13.6. The molecule has 0 saturated heterocycles. The summed E-state index contributed by atoms with van der Waals surface area (Å²) in [6, 6.07) is 4.41. The van der Waals surface area contributed by atoms with Gasteiger partial charge in [0, 0.05) is 10.9 Å². The van der Waals surface area contributed by atoms with E-state index in [2.05, 4.69) is 15.0 Å². The Morgan fingerprint density at radius 3 is 2.72 bits per heavy atom. The van der Waals surface area contributed by atoms with Gasteiger partial charge in [0.05, 0.1) is 21.6 Å². The molecule has 0 saturated carbocycles. The van der Waals surface area contributed by atoms with Crippen LogP contribution in [0.1, 0.15) is 20.8 Å². The Kier molecular flexibility index (Phi) is 3.27. The van der Waals surface area contributed by atoms with E-state index in [-0.39, 0.29) is 11.4 Å². The van der Waals surface area contributed by atoms with Crippen molar-refractivity contribution < 1.29 is 4.39 Å². The van der Waals surface area contributed by atoms with Crippen molar-refractivity contribution in [2.45, 2.75) is 26.3 Å². The summed E-state index contributed by atoms with van der Waals surface area (Å²) in [4.78, 5) is 11.6. The van der Waals surface area contributed by atoms with Crippen molar-refractivity contribution >= 4 is 39.4 Å². The largest absolute Gasteiger partial charge is 0.383 e. The molecule has 25 heavy (non-hydrogen) atoms. The number of aromatic nitrogens is 5. The SMILES string of the molecule is CC(C)(C)n1nc(-c2[nH]c3ccc(F)cc3c2Cl)c2c(N)ncnc21. The molecule has 0 radical (unpaired) electrons. The van der Waals surface area contributed by atoms with E-state index >= 15 is 0 Å². The summed E-state index contributed by atoms with van der Waals surface area (Å²) < 4.78 is 15.4. The minimum Gasteiger partial charge on any atom is -0.383 e. The van der Waals surface area contributed by atoms with Crippen molar-refractivity contribution in [3.05, 3.63) is 35.4 Å². The maximum absolute atomic E-state index is 13.6. The molecule has 3 aromatic heterocycles. The van der Waals surface area contributed by atoms with Crippen LogP contribution in [-0.2, 0) is 5.54 Å². The fourth-order valence-corrected chi connectivity index (χ4v) is 3.20. The Morgan fingerprint density at radius 2 is 2.00 bits per heavy atom. The lowest BCUT2D eigenvalue weighted by Gasteiger charge is -2.19. The number of rotatable bonds is 1. The van der Waals surface area contributed by atoms with Crippen LogP contribution in [0.4, 0.5) is 10.2 Å².